The molecule has 1 aromatic heterocycles. The Balaban J connectivity index is 1.55. The minimum absolute atomic E-state index is 0.0830. The first-order valence-electron chi connectivity index (χ1n) is 10.7. The molecule has 2 heterocycles. The Morgan fingerprint density at radius 3 is 2.45 bits per heavy atom. The number of rotatable bonds is 5. The van der Waals surface area contributed by atoms with Crippen LogP contribution >= 0.6 is 11.6 Å². The molecule has 0 bridgehead atoms. The molecule has 2 aromatic rings. The molecule has 0 spiro atoms. The number of carbonyl (C=O) groups excluding carboxylic acids is 2. The molecule has 31 heavy (non-hydrogen) atoms. The maximum absolute atomic E-state index is 13.1. The van der Waals surface area contributed by atoms with Crippen LogP contribution in [0.3, 0.4) is 0 Å². The van der Waals surface area contributed by atoms with Gasteiger partial charge in [0.1, 0.15) is 10.8 Å². The molecule has 0 radical (unpaired) electrons. The second-order valence-electron chi connectivity index (χ2n) is 9.01. The minimum atomic E-state index is -0.512. The van der Waals surface area contributed by atoms with Gasteiger partial charge in [0, 0.05) is 19.6 Å². The number of alkyl carbamates (subject to hydrolysis) is 1. The summed E-state index contributed by atoms with van der Waals surface area (Å²) in [6.45, 7) is 9.65. The van der Waals surface area contributed by atoms with E-state index in [9.17, 15) is 9.59 Å². The van der Waals surface area contributed by atoms with Gasteiger partial charge in [-0.15, -0.1) is 0 Å². The van der Waals surface area contributed by atoms with Crippen molar-refractivity contribution in [2.75, 3.05) is 19.6 Å². The standard InChI is InChI=1S/C23H31ClN4O3/c1-16-19(20(24)28(26-16)15-18-8-6-5-7-9-18)21(29)27-12-10-17(11-13-27)14-25-22(30)31-23(2,3)4/h5-9,17H,10-15H2,1-4H3,(H,25,30). The van der Waals surface area contributed by atoms with E-state index in [1.807, 2.05) is 62.9 Å². The lowest BCUT2D eigenvalue weighted by atomic mass is 9.96. The fraction of sp³-hybridized carbons (Fsp3) is 0.522. The topological polar surface area (TPSA) is 76.5 Å². The Kier molecular flexibility index (Phi) is 7.26. The lowest BCUT2D eigenvalue weighted by Crippen LogP contribution is -2.42. The van der Waals surface area contributed by atoms with Gasteiger partial charge < -0.3 is 15.0 Å². The fourth-order valence-electron chi connectivity index (χ4n) is 3.70. The molecule has 1 fully saturated rings. The number of benzene rings is 1. The van der Waals surface area contributed by atoms with Crippen LogP contribution in [0.4, 0.5) is 4.79 Å². The third-order valence-corrected chi connectivity index (χ3v) is 5.67. The summed E-state index contributed by atoms with van der Waals surface area (Å²) in [5, 5.41) is 7.70. The average molecular weight is 447 g/mol. The number of halogens is 1. The van der Waals surface area contributed by atoms with Crippen LogP contribution in [0.15, 0.2) is 30.3 Å². The Hall–Kier alpha value is -2.54. The highest BCUT2D eigenvalue weighted by atomic mass is 35.5. The number of nitrogens with one attached hydrogen (secondary N) is 1. The summed E-state index contributed by atoms with van der Waals surface area (Å²) in [6, 6.07) is 9.90. The summed E-state index contributed by atoms with van der Waals surface area (Å²) < 4.78 is 6.96. The lowest BCUT2D eigenvalue weighted by Gasteiger charge is -2.32. The summed E-state index contributed by atoms with van der Waals surface area (Å²) in [5.41, 5.74) is 1.67. The first-order chi connectivity index (χ1) is 14.6. The van der Waals surface area contributed by atoms with Crippen LogP contribution in [0.5, 0.6) is 0 Å². The van der Waals surface area contributed by atoms with Crippen LogP contribution in [0, 0.1) is 12.8 Å². The van der Waals surface area contributed by atoms with Gasteiger partial charge in [0.25, 0.3) is 5.91 Å². The summed E-state index contributed by atoms with van der Waals surface area (Å²) in [7, 11) is 0. The molecule has 7 nitrogen and oxygen atoms in total. The number of hydrogen-bond donors (Lipinski definition) is 1. The normalized spacial score (nSPS) is 15.1. The number of aromatic nitrogens is 2. The van der Waals surface area contributed by atoms with Gasteiger partial charge in [0.05, 0.1) is 17.8 Å². The Morgan fingerprint density at radius 2 is 1.84 bits per heavy atom. The van der Waals surface area contributed by atoms with E-state index < -0.39 is 11.7 Å². The van der Waals surface area contributed by atoms with Crippen LogP contribution in [-0.2, 0) is 11.3 Å². The highest BCUT2D eigenvalue weighted by molar-refractivity contribution is 6.33. The number of hydrogen-bond acceptors (Lipinski definition) is 4. The summed E-state index contributed by atoms with van der Waals surface area (Å²) in [5.74, 6) is 0.231. The predicted octanol–water partition coefficient (Wildman–Crippen LogP) is 4.27. The van der Waals surface area contributed by atoms with Gasteiger partial charge in [-0.1, -0.05) is 41.9 Å². The van der Waals surface area contributed by atoms with E-state index in [0.717, 1.165) is 18.4 Å². The number of carbonyl (C=O) groups is 2. The second kappa shape index (κ2) is 9.73. The number of likely N-dealkylation sites (tertiary alicyclic amines) is 1. The Bertz CT molecular complexity index is 913. The first-order valence-corrected chi connectivity index (χ1v) is 11.0. The van der Waals surface area contributed by atoms with E-state index >= 15 is 0 Å². The van der Waals surface area contributed by atoms with Crippen LogP contribution in [-0.4, -0.2) is 51.9 Å². The fourth-order valence-corrected chi connectivity index (χ4v) is 4.01. The summed E-state index contributed by atoms with van der Waals surface area (Å²) in [6.07, 6.45) is 1.23. The van der Waals surface area contributed by atoms with Gasteiger partial charge in [0.2, 0.25) is 0 Å². The van der Waals surface area contributed by atoms with Crippen molar-refractivity contribution in [3.8, 4) is 0 Å². The molecule has 3 rings (SSSR count). The molecule has 0 unspecified atom stereocenters. The third kappa shape index (κ3) is 6.23. The largest absolute Gasteiger partial charge is 0.444 e. The van der Waals surface area contributed by atoms with E-state index in [2.05, 4.69) is 10.4 Å². The molecule has 2 amide bonds. The zero-order valence-corrected chi connectivity index (χ0v) is 19.4. The van der Waals surface area contributed by atoms with Crippen molar-refractivity contribution in [2.45, 2.75) is 52.7 Å². The van der Waals surface area contributed by atoms with Crippen LogP contribution < -0.4 is 5.32 Å². The van der Waals surface area contributed by atoms with Crippen molar-refractivity contribution >= 4 is 23.6 Å². The molecular formula is C23H31ClN4O3. The predicted molar refractivity (Wildman–Crippen MR) is 120 cm³/mol. The highest BCUT2D eigenvalue weighted by Crippen LogP contribution is 2.25. The quantitative estimate of drug-likeness (QED) is 0.744. The highest BCUT2D eigenvalue weighted by Gasteiger charge is 2.29. The third-order valence-electron chi connectivity index (χ3n) is 5.29. The molecule has 0 saturated carbocycles. The van der Waals surface area contributed by atoms with Gasteiger partial charge in [-0.3, -0.25) is 4.79 Å². The zero-order chi connectivity index (χ0) is 22.6. The van der Waals surface area contributed by atoms with Gasteiger partial charge in [-0.2, -0.15) is 5.10 Å². The SMILES string of the molecule is Cc1nn(Cc2ccccc2)c(Cl)c1C(=O)N1CCC(CNC(=O)OC(C)(C)C)CC1. The van der Waals surface area contributed by atoms with Crippen LogP contribution in [0.1, 0.15) is 55.2 Å². The smallest absolute Gasteiger partial charge is 0.407 e. The number of piperidine rings is 1. The molecule has 168 valence electrons. The van der Waals surface area contributed by atoms with Crippen molar-refractivity contribution in [3.05, 3.63) is 52.3 Å². The van der Waals surface area contributed by atoms with Gasteiger partial charge in [0.15, 0.2) is 0 Å². The van der Waals surface area contributed by atoms with Gasteiger partial charge in [-0.25, -0.2) is 9.48 Å². The molecule has 1 saturated heterocycles. The maximum Gasteiger partial charge on any atom is 0.407 e. The van der Waals surface area contributed by atoms with Gasteiger partial charge >= 0.3 is 6.09 Å². The molecule has 0 atom stereocenters. The Labute approximate surface area is 188 Å². The molecule has 1 N–H and O–H groups in total. The van der Waals surface area contributed by atoms with Crippen molar-refractivity contribution < 1.29 is 14.3 Å². The molecule has 0 aliphatic carbocycles. The zero-order valence-electron chi connectivity index (χ0n) is 18.7. The van der Waals surface area contributed by atoms with Crippen LogP contribution in [0.2, 0.25) is 5.15 Å². The van der Waals surface area contributed by atoms with Crippen LogP contribution in [0.25, 0.3) is 0 Å². The molecule has 1 aliphatic rings. The molecule has 1 aromatic carbocycles. The van der Waals surface area contributed by atoms with E-state index in [-0.39, 0.29) is 5.91 Å². The average Bonchev–Trinajstić information content (AvgIpc) is 2.99. The minimum Gasteiger partial charge on any atom is -0.444 e. The lowest BCUT2D eigenvalue weighted by molar-refractivity contribution is 0.0500. The molecular weight excluding hydrogens is 416 g/mol. The van der Waals surface area contributed by atoms with Crippen molar-refractivity contribution in [1.29, 1.82) is 0 Å². The first kappa shape index (κ1) is 23.1. The van der Waals surface area contributed by atoms with Crippen molar-refractivity contribution in [1.82, 2.24) is 20.0 Å². The number of amides is 2. The van der Waals surface area contributed by atoms with E-state index in [0.29, 0.717) is 48.5 Å². The summed E-state index contributed by atoms with van der Waals surface area (Å²) in [4.78, 5) is 26.8. The second-order valence-corrected chi connectivity index (χ2v) is 9.37. The number of ether oxygens (including phenoxy) is 1. The summed E-state index contributed by atoms with van der Waals surface area (Å²) >= 11 is 6.55. The van der Waals surface area contributed by atoms with E-state index in [1.165, 1.54) is 0 Å². The monoisotopic (exact) mass is 446 g/mol. The molecule has 1 aliphatic heterocycles. The van der Waals surface area contributed by atoms with E-state index in [4.69, 9.17) is 16.3 Å². The Morgan fingerprint density at radius 1 is 1.19 bits per heavy atom. The molecule has 8 heteroatoms. The van der Waals surface area contributed by atoms with Crippen molar-refractivity contribution in [3.63, 3.8) is 0 Å². The maximum atomic E-state index is 13.1. The number of aryl methyl sites for hydroxylation is 1. The number of nitrogens with zero attached hydrogens (tertiary/aromatic N) is 3. The van der Waals surface area contributed by atoms with Gasteiger partial charge in [-0.05, 0) is 52.0 Å². The van der Waals surface area contributed by atoms with Crippen molar-refractivity contribution in [2.24, 2.45) is 5.92 Å². The van der Waals surface area contributed by atoms with E-state index in [1.54, 1.807) is 4.68 Å².